The molecule has 0 fully saturated rings. The summed E-state index contributed by atoms with van der Waals surface area (Å²) in [5.41, 5.74) is 0. The Labute approximate surface area is 54.7 Å². The molecule has 0 saturated heterocycles. The van der Waals surface area contributed by atoms with Gasteiger partial charge in [0.1, 0.15) is 5.83 Å². The Morgan fingerprint density at radius 2 is 2.11 bits per heavy atom. The van der Waals surface area contributed by atoms with Crippen molar-refractivity contribution in [2.75, 3.05) is 14.1 Å². The first-order chi connectivity index (χ1) is 4.16. The second kappa shape index (κ2) is 4.06. The fraction of sp³-hybridized carbons (Fsp3) is 0.500. The van der Waals surface area contributed by atoms with E-state index >= 15 is 0 Å². The van der Waals surface area contributed by atoms with Gasteiger partial charge in [0.2, 0.25) is 0 Å². The van der Waals surface area contributed by atoms with E-state index in [4.69, 9.17) is 0 Å². The third-order valence-electron chi connectivity index (χ3n) is 0.688. The summed E-state index contributed by atoms with van der Waals surface area (Å²) in [6, 6.07) is 0. The van der Waals surface area contributed by atoms with E-state index in [1.165, 1.54) is 17.3 Å². The van der Waals surface area contributed by atoms with Gasteiger partial charge in [-0.25, -0.2) is 4.39 Å². The van der Waals surface area contributed by atoms with Crippen LogP contribution in [-0.4, -0.2) is 25.3 Å². The van der Waals surface area contributed by atoms with E-state index in [9.17, 15) is 4.39 Å². The van der Waals surface area contributed by atoms with Gasteiger partial charge in [0.15, 0.2) is 0 Å². The van der Waals surface area contributed by atoms with Crippen molar-refractivity contribution in [3.63, 3.8) is 0 Å². The molecule has 0 radical (unpaired) electrons. The summed E-state index contributed by atoms with van der Waals surface area (Å²) in [6.07, 6.45) is 2.52. The lowest BCUT2D eigenvalue weighted by molar-refractivity contribution is 0.438. The molecule has 0 amide bonds. The zero-order chi connectivity index (χ0) is 7.28. The Kier molecular flexibility index (Phi) is 3.67. The first kappa shape index (κ1) is 8.14. The molecular formula is C6H11FN2. The van der Waals surface area contributed by atoms with E-state index in [0.717, 1.165) is 0 Å². The summed E-state index contributed by atoms with van der Waals surface area (Å²) in [5, 5.41) is 5.19. The molecule has 0 aromatic rings. The normalized spacial score (nSPS) is 12.7. The Balaban J connectivity index is 3.71. The van der Waals surface area contributed by atoms with Crippen molar-refractivity contribution in [3.05, 3.63) is 11.9 Å². The lowest BCUT2D eigenvalue weighted by Gasteiger charge is -2.00. The van der Waals surface area contributed by atoms with Gasteiger partial charge in [-0.15, -0.1) is 0 Å². The minimum atomic E-state index is -0.316. The van der Waals surface area contributed by atoms with Gasteiger partial charge in [-0.1, -0.05) is 6.08 Å². The molecule has 0 aliphatic rings. The Morgan fingerprint density at radius 3 is 2.44 bits per heavy atom. The summed E-state index contributed by atoms with van der Waals surface area (Å²) < 4.78 is 12.2. The average molecular weight is 130 g/mol. The molecule has 0 aliphatic heterocycles. The zero-order valence-electron chi connectivity index (χ0n) is 5.93. The summed E-state index contributed by atoms with van der Waals surface area (Å²) >= 11 is 0. The molecule has 0 saturated carbocycles. The molecule has 0 aromatic carbocycles. The van der Waals surface area contributed by atoms with Gasteiger partial charge in [0.25, 0.3) is 0 Å². The van der Waals surface area contributed by atoms with Crippen LogP contribution in [0.1, 0.15) is 6.92 Å². The molecular weight excluding hydrogens is 119 g/mol. The van der Waals surface area contributed by atoms with Gasteiger partial charge >= 0.3 is 0 Å². The first-order valence-electron chi connectivity index (χ1n) is 2.70. The van der Waals surface area contributed by atoms with Crippen LogP contribution in [0.15, 0.2) is 17.0 Å². The number of hydrogen-bond donors (Lipinski definition) is 0. The number of hydrazone groups is 1. The smallest absolute Gasteiger partial charge is 0.138 e. The monoisotopic (exact) mass is 130 g/mol. The highest BCUT2D eigenvalue weighted by Gasteiger charge is 1.82. The van der Waals surface area contributed by atoms with E-state index in [2.05, 4.69) is 5.10 Å². The highest BCUT2D eigenvalue weighted by Crippen LogP contribution is 1.89. The molecule has 0 spiro atoms. The molecule has 0 atom stereocenters. The average Bonchev–Trinajstić information content (AvgIpc) is 1.83. The van der Waals surface area contributed by atoms with Crippen LogP contribution >= 0.6 is 0 Å². The quantitative estimate of drug-likeness (QED) is 0.407. The van der Waals surface area contributed by atoms with E-state index in [1.807, 2.05) is 0 Å². The highest BCUT2D eigenvalue weighted by molar-refractivity contribution is 5.74. The van der Waals surface area contributed by atoms with Crippen molar-refractivity contribution in [2.24, 2.45) is 5.10 Å². The number of allylic oxidation sites excluding steroid dienone is 2. The van der Waals surface area contributed by atoms with Crippen molar-refractivity contribution >= 4 is 6.21 Å². The number of halogens is 1. The number of nitrogens with zero attached hydrogens (tertiary/aromatic N) is 2. The first-order valence-corrected chi connectivity index (χ1v) is 2.70. The van der Waals surface area contributed by atoms with Crippen LogP contribution in [0, 0.1) is 0 Å². The number of rotatable bonds is 2. The van der Waals surface area contributed by atoms with Crippen LogP contribution in [0.4, 0.5) is 4.39 Å². The van der Waals surface area contributed by atoms with Crippen molar-refractivity contribution in [2.45, 2.75) is 6.92 Å². The Hall–Kier alpha value is -0.860. The summed E-state index contributed by atoms with van der Waals surface area (Å²) in [6.45, 7) is 1.62. The Bertz CT molecular complexity index is 127. The molecule has 9 heavy (non-hydrogen) atoms. The lowest BCUT2D eigenvalue weighted by Crippen LogP contribution is -2.01. The van der Waals surface area contributed by atoms with E-state index in [1.54, 1.807) is 21.0 Å². The minimum absolute atomic E-state index is 0.316. The Morgan fingerprint density at radius 1 is 1.56 bits per heavy atom. The van der Waals surface area contributed by atoms with Crippen molar-refractivity contribution in [1.82, 2.24) is 5.01 Å². The molecule has 0 unspecified atom stereocenters. The van der Waals surface area contributed by atoms with E-state index < -0.39 is 0 Å². The summed E-state index contributed by atoms with van der Waals surface area (Å²) in [7, 11) is 3.47. The maximum atomic E-state index is 12.2. The van der Waals surface area contributed by atoms with Gasteiger partial charge < -0.3 is 5.01 Å². The zero-order valence-corrected chi connectivity index (χ0v) is 5.93. The lowest BCUT2D eigenvalue weighted by atomic mass is 10.5. The van der Waals surface area contributed by atoms with E-state index in [0.29, 0.717) is 0 Å². The highest BCUT2D eigenvalue weighted by atomic mass is 19.1. The van der Waals surface area contributed by atoms with E-state index in [-0.39, 0.29) is 5.83 Å². The molecule has 0 aromatic heterocycles. The van der Waals surface area contributed by atoms with Crippen molar-refractivity contribution in [3.8, 4) is 0 Å². The maximum Gasteiger partial charge on any atom is 0.138 e. The van der Waals surface area contributed by atoms with Crippen LogP contribution in [0.25, 0.3) is 0 Å². The largest absolute Gasteiger partial charge is 0.303 e. The topological polar surface area (TPSA) is 15.6 Å². The van der Waals surface area contributed by atoms with Gasteiger partial charge in [-0.3, -0.25) is 0 Å². The second-order valence-electron chi connectivity index (χ2n) is 1.77. The van der Waals surface area contributed by atoms with Gasteiger partial charge in [0, 0.05) is 14.1 Å². The van der Waals surface area contributed by atoms with Crippen molar-refractivity contribution < 1.29 is 4.39 Å². The van der Waals surface area contributed by atoms with Gasteiger partial charge in [0.05, 0.1) is 6.21 Å². The molecule has 0 heterocycles. The van der Waals surface area contributed by atoms with Crippen LogP contribution in [0.5, 0.6) is 0 Å². The molecule has 0 rings (SSSR count). The second-order valence-corrected chi connectivity index (χ2v) is 1.77. The molecule has 2 nitrogen and oxygen atoms in total. The maximum absolute atomic E-state index is 12.2. The molecule has 3 heteroatoms. The van der Waals surface area contributed by atoms with Gasteiger partial charge in [-0.2, -0.15) is 5.10 Å². The fourth-order valence-corrected chi connectivity index (χ4v) is 0.245. The van der Waals surface area contributed by atoms with Crippen LogP contribution in [0.3, 0.4) is 0 Å². The third kappa shape index (κ3) is 5.00. The van der Waals surface area contributed by atoms with Crippen LogP contribution < -0.4 is 0 Å². The van der Waals surface area contributed by atoms with Gasteiger partial charge in [-0.05, 0) is 6.92 Å². The number of hydrogen-bond acceptors (Lipinski definition) is 2. The van der Waals surface area contributed by atoms with Crippen LogP contribution in [0.2, 0.25) is 0 Å². The SMILES string of the molecule is CC=C(F)C=NN(C)C. The fourth-order valence-electron chi connectivity index (χ4n) is 0.245. The third-order valence-corrected chi connectivity index (χ3v) is 0.688. The summed E-state index contributed by atoms with van der Waals surface area (Å²) in [5.74, 6) is -0.316. The molecule has 52 valence electrons. The molecule has 0 N–H and O–H groups in total. The standard InChI is InChI=1S/C6H11FN2/c1-4-6(7)5-8-9(2)3/h4-5H,1-3H3. The molecule has 0 aliphatic carbocycles. The minimum Gasteiger partial charge on any atom is -0.303 e. The predicted octanol–water partition coefficient (Wildman–Crippen LogP) is 1.41. The van der Waals surface area contributed by atoms with Crippen LogP contribution in [-0.2, 0) is 0 Å². The molecule has 0 bridgehead atoms. The van der Waals surface area contributed by atoms with Crippen molar-refractivity contribution in [1.29, 1.82) is 0 Å². The summed E-state index contributed by atoms with van der Waals surface area (Å²) in [4.78, 5) is 0. The predicted molar refractivity (Wildman–Crippen MR) is 37.0 cm³/mol.